The fourth-order valence-corrected chi connectivity index (χ4v) is 1.26. The van der Waals surface area contributed by atoms with Gasteiger partial charge in [0.2, 0.25) is 5.06 Å². The van der Waals surface area contributed by atoms with Crippen LogP contribution >= 0.6 is 11.3 Å². The summed E-state index contributed by atoms with van der Waals surface area (Å²) in [6.07, 6.45) is -1.35. The van der Waals surface area contributed by atoms with Crippen molar-refractivity contribution >= 4 is 22.6 Å². The third kappa shape index (κ3) is 1.81. The Morgan fingerprint density at radius 1 is 1.82 bits per heavy atom. The number of nitrogens with two attached hydrogens (primary N) is 1. The van der Waals surface area contributed by atoms with Crippen LogP contribution < -0.4 is 10.5 Å². The van der Waals surface area contributed by atoms with Gasteiger partial charge in [0, 0.05) is 0 Å². The summed E-state index contributed by atoms with van der Waals surface area (Å²) in [6, 6.07) is 0. The van der Waals surface area contributed by atoms with Crippen LogP contribution in [0.2, 0.25) is 0 Å². The highest BCUT2D eigenvalue weighted by atomic mass is 32.1. The van der Waals surface area contributed by atoms with E-state index >= 15 is 0 Å². The van der Waals surface area contributed by atoms with E-state index in [1.54, 1.807) is 6.92 Å². The van der Waals surface area contributed by atoms with Crippen LogP contribution in [0.4, 0.5) is 9.93 Å². The Morgan fingerprint density at radius 3 is 2.82 bits per heavy atom. The molecule has 0 spiro atoms. The molecule has 0 aliphatic heterocycles. The first-order valence-electron chi connectivity index (χ1n) is 2.73. The van der Waals surface area contributed by atoms with Crippen molar-refractivity contribution in [3.8, 4) is 5.06 Å². The van der Waals surface area contributed by atoms with Crippen LogP contribution in [0.3, 0.4) is 0 Å². The molecule has 0 fully saturated rings. The Kier molecular flexibility index (Phi) is 1.95. The molecule has 0 unspecified atom stereocenters. The summed E-state index contributed by atoms with van der Waals surface area (Å²) in [7, 11) is 0. The van der Waals surface area contributed by atoms with E-state index in [0.717, 1.165) is 11.3 Å². The van der Waals surface area contributed by atoms with E-state index in [1.165, 1.54) is 0 Å². The molecule has 0 saturated carbocycles. The maximum absolute atomic E-state index is 10.0. The van der Waals surface area contributed by atoms with Gasteiger partial charge in [-0.05, 0) is 6.92 Å². The van der Waals surface area contributed by atoms with E-state index in [2.05, 4.69) is 9.72 Å². The van der Waals surface area contributed by atoms with Crippen molar-refractivity contribution < 1.29 is 14.6 Å². The minimum absolute atomic E-state index is 0.231. The highest BCUT2D eigenvalue weighted by Crippen LogP contribution is 2.27. The highest BCUT2D eigenvalue weighted by Gasteiger charge is 2.09. The fourth-order valence-electron chi connectivity index (χ4n) is 0.577. The van der Waals surface area contributed by atoms with Gasteiger partial charge < -0.3 is 15.6 Å². The van der Waals surface area contributed by atoms with Crippen molar-refractivity contribution in [2.75, 3.05) is 5.73 Å². The number of nitrogen functional groups attached to an aromatic ring is 1. The number of rotatable bonds is 1. The van der Waals surface area contributed by atoms with Crippen molar-refractivity contribution in [1.29, 1.82) is 0 Å². The van der Waals surface area contributed by atoms with Gasteiger partial charge in [-0.1, -0.05) is 11.3 Å². The first-order valence-corrected chi connectivity index (χ1v) is 3.55. The average Bonchev–Trinajstić information content (AvgIpc) is 2.09. The molecule has 1 heterocycles. The lowest BCUT2D eigenvalue weighted by molar-refractivity contribution is 0.145. The number of hydrogen-bond acceptors (Lipinski definition) is 5. The third-order valence-electron chi connectivity index (χ3n) is 0.951. The molecular formula is C5H6N2O3S. The molecule has 1 aromatic heterocycles. The number of hydrogen-bond donors (Lipinski definition) is 2. The predicted octanol–water partition coefficient (Wildman–Crippen LogP) is 1.09. The van der Waals surface area contributed by atoms with Gasteiger partial charge in [-0.2, -0.15) is 0 Å². The molecule has 0 radical (unpaired) electrons. The predicted molar refractivity (Wildman–Crippen MR) is 39.9 cm³/mol. The number of thiazole rings is 1. The van der Waals surface area contributed by atoms with Crippen LogP contribution in [0.25, 0.3) is 0 Å². The largest absolute Gasteiger partial charge is 0.512 e. The Labute approximate surface area is 66.4 Å². The lowest BCUT2D eigenvalue weighted by Crippen LogP contribution is -2.02. The summed E-state index contributed by atoms with van der Waals surface area (Å²) in [5.41, 5.74) is 5.78. The molecule has 0 aromatic carbocycles. The molecule has 0 aliphatic carbocycles. The molecule has 0 saturated heterocycles. The molecule has 6 heteroatoms. The summed E-state index contributed by atoms with van der Waals surface area (Å²) in [6.45, 7) is 1.63. The average molecular weight is 174 g/mol. The minimum Gasteiger partial charge on any atom is -0.449 e. The Bertz CT molecular complexity index is 283. The van der Waals surface area contributed by atoms with Crippen LogP contribution in [0.5, 0.6) is 5.06 Å². The molecule has 0 aliphatic rings. The summed E-state index contributed by atoms with van der Waals surface area (Å²) >= 11 is 1.01. The second-order valence-corrected chi connectivity index (χ2v) is 2.79. The summed E-state index contributed by atoms with van der Waals surface area (Å²) in [4.78, 5) is 13.8. The fraction of sp³-hybridized carbons (Fsp3) is 0.200. The number of nitrogens with zero attached hydrogens (tertiary/aromatic N) is 1. The third-order valence-corrected chi connectivity index (χ3v) is 1.82. The number of anilines is 1. The number of aromatic nitrogens is 1. The van der Waals surface area contributed by atoms with E-state index < -0.39 is 6.16 Å². The van der Waals surface area contributed by atoms with Crippen LogP contribution in [0.15, 0.2) is 0 Å². The Hall–Kier alpha value is -1.30. The zero-order valence-corrected chi connectivity index (χ0v) is 6.51. The molecule has 0 amide bonds. The van der Waals surface area contributed by atoms with Crippen molar-refractivity contribution in [2.24, 2.45) is 0 Å². The molecule has 60 valence electrons. The smallest absolute Gasteiger partial charge is 0.449 e. The van der Waals surface area contributed by atoms with Crippen LogP contribution in [0, 0.1) is 6.92 Å². The number of aryl methyl sites for hydroxylation is 1. The van der Waals surface area contributed by atoms with Crippen molar-refractivity contribution in [1.82, 2.24) is 4.98 Å². The molecule has 5 nitrogen and oxygen atoms in total. The number of carbonyl (C=O) groups is 1. The van der Waals surface area contributed by atoms with Crippen LogP contribution in [0.1, 0.15) is 5.69 Å². The molecular weight excluding hydrogens is 168 g/mol. The number of carboxylic acid groups (broad SMARTS) is 1. The van der Waals surface area contributed by atoms with Crippen molar-refractivity contribution in [3.05, 3.63) is 5.69 Å². The van der Waals surface area contributed by atoms with Gasteiger partial charge in [0.15, 0.2) is 5.13 Å². The molecule has 0 bridgehead atoms. The zero-order valence-electron chi connectivity index (χ0n) is 5.70. The molecule has 0 atom stereocenters. The lowest BCUT2D eigenvalue weighted by Gasteiger charge is -1.92. The van der Waals surface area contributed by atoms with Gasteiger partial charge in [0.1, 0.15) is 0 Å². The van der Waals surface area contributed by atoms with E-state index in [-0.39, 0.29) is 5.06 Å². The minimum atomic E-state index is -1.35. The second kappa shape index (κ2) is 2.75. The normalized spacial score (nSPS) is 9.55. The Morgan fingerprint density at radius 2 is 2.45 bits per heavy atom. The maximum Gasteiger partial charge on any atom is 0.512 e. The van der Waals surface area contributed by atoms with E-state index in [4.69, 9.17) is 10.8 Å². The topological polar surface area (TPSA) is 85.4 Å². The first-order chi connectivity index (χ1) is 5.09. The van der Waals surface area contributed by atoms with Crippen molar-refractivity contribution in [3.63, 3.8) is 0 Å². The standard InChI is InChI=1S/C5H6N2O3S/c1-2-3(10-5(8)9)11-4(6)7-2/h1H3,(H2,6,7)(H,8,9). The van der Waals surface area contributed by atoms with Crippen LogP contribution in [-0.4, -0.2) is 16.2 Å². The molecule has 1 aromatic rings. The van der Waals surface area contributed by atoms with E-state index in [9.17, 15) is 4.79 Å². The van der Waals surface area contributed by atoms with Gasteiger partial charge >= 0.3 is 6.16 Å². The Balaban J connectivity index is 2.85. The summed E-state index contributed by atoms with van der Waals surface area (Å²) in [5.74, 6) is 0. The van der Waals surface area contributed by atoms with Gasteiger partial charge in [-0.3, -0.25) is 0 Å². The molecule has 1 rings (SSSR count). The maximum atomic E-state index is 10.0. The van der Waals surface area contributed by atoms with E-state index in [1.807, 2.05) is 0 Å². The summed E-state index contributed by atoms with van der Waals surface area (Å²) in [5, 5.41) is 8.75. The van der Waals surface area contributed by atoms with Crippen molar-refractivity contribution in [2.45, 2.75) is 6.92 Å². The van der Waals surface area contributed by atoms with Crippen LogP contribution in [-0.2, 0) is 0 Å². The quantitative estimate of drug-likeness (QED) is 0.622. The molecule has 11 heavy (non-hydrogen) atoms. The lowest BCUT2D eigenvalue weighted by atomic mass is 10.6. The number of ether oxygens (including phenoxy) is 1. The first kappa shape index (κ1) is 7.80. The zero-order chi connectivity index (χ0) is 8.43. The van der Waals surface area contributed by atoms with Gasteiger partial charge in [-0.15, -0.1) is 0 Å². The second-order valence-electron chi connectivity index (χ2n) is 1.79. The van der Waals surface area contributed by atoms with Gasteiger partial charge in [-0.25, -0.2) is 9.78 Å². The SMILES string of the molecule is Cc1nc(N)sc1OC(=O)O. The molecule has 3 N–H and O–H groups in total. The van der Waals surface area contributed by atoms with Gasteiger partial charge in [0.05, 0.1) is 5.69 Å². The highest BCUT2D eigenvalue weighted by molar-refractivity contribution is 7.17. The van der Waals surface area contributed by atoms with Gasteiger partial charge in [0.25, 0.3) is 0 Å². The van der Waals surface area contributed by atoms with E-state index in [0.29, 0.717) is 10.8 Å². The monoisotopic (exact) mass is 174 g/mol. The summed E-state index contributed by atoms with van der Waals surface area (Å²) < 4.78 is 4.36.